The molecule has 1 aromatic carbocycles. The van der Waals surface area contributed by atoms with Gasteiger partial charge in [0.2, 0.25) is 5.28 Å². The molecule has 1 N–H and O–H groups in total. The Hall–Kier alpha value is -2.39. The van der Waals surface area contributed by atoms with Crippen LogP contribution in [0.3, 0.4) is 0 Å². The van der Waals surface area contributed by atoms with E-state index in [9.17, 15) is 18.3 Å². The summed E-state index contributed by atoms with van der Waals surface area (Å²) in [7, 11) is 0. The van der Waals surface area contributed by atoms with E-state index in [4.69, 9.17) is 11.6 Å². The van der Waals surface area contributed by atoms with E-state index in [1.165, 1.54) is 29.1 Å². The monoisotopic (exact) mass is 383 g/mol. The number of hydrogen-bond donors (Lipinski definition) is 1. The average molecular weight is 384 g/mol. The minimum Gasteiger partial charge on any atom is -0.388 e. The van der Waals surface area contributed by atoms with Crippen LogP contribution in [-0.2, 0) is 0 Å². The van der Waals surface area contributed by atoms with Crippen molar-refractivity contribution in [1.29, 1.82) is 0 Å². The lowest BCUT2D eigenvalue weighted by molar-refractivity contribution is 0.118. The Labute approximate surface area is 150 Å². The van der Waals surface area contributed by atoms with Crippen molar-refractivity contribution in [1.82, 2.24) is 19.7 Å². The van der Waals surface area contributed by atoms with Crippen molar-refractivity contribution in [3.05, 3.63) is 41.3 Å². The molecule has 0 amide bonds. The highest BCUT2D eigenvalue weighted by Gasteiger charge is 2.33. The molecule has 0 bridgehead atoms. The molecule has 0 radical (unpaired) electrons. The largest absolute Gasteiger partial charge is 0.388 e. The van der Waals surface area contributed by atoms with Gasteiger partial charge in [-0.15, -0.1) is 0 Å². The van der Waals surface area contributed by atoms with Crippen LogP contribution in [0.1, 0.15) is 12.0 Å². The number of rotatable bonds is 3. The highest BCUT2D eigenvalue weighted by atomic mass is 35.5. The number of aromatic nitrogens is 4. The lowest BCUT2D eigenvalue weighted by Crippen LogP contribution is -2.22. The van der Waals surface area contributed by atoms with E-state index in [2.05, 4.69) is 15.1 Å². The van der Waals surface area contributed by atoms with Gasteiger partial charge >= 0.3 is 0 Å². The first-order valence-corrected chi connectivity index (χ1v) is 8.18. The van der Waals surface area contributed by atoms with Crippen LogP contribution in [0.5, 0.6) is 0 Å². The van der Waals surface area contributed by atoms with Crippen molar-refractivity contribution in [2.45, 2.75) is 18.7 Å². The zero-order valence-corrected chi connectivity index (χ0v) is 14.0. The molecular formula is C16H13ClF3N5O. The van der Waals surface area contributed by atoms with Crippen molar-refractivity contribution >= 4 is 28.5 Å². The van der Waals surface area contributed by atoms with Crippen LogP contribution >= 0.6 is 11.6 Å². The fourth-order valence-corrected chi connectivity index (χ4v) is 3.17. The molecule has 1 aliphatic rings. The molecule has 0 aliphatic carbocycles. The summed E-state index contributed by atoms with van der Waals surface area (Å²) in [6, 6.07) is 5.74. The Morgan fingerprint density at radius 3 is 2.73 bits per heavy atom. The van der Waals surface area contributed by atoms with Crippen molar-refractivity contribution in [2.75, 3.05) is 18.0 Å². The summed E-state index contributed by atoms with van der Waals surface area (Å²) in [6.07, 6.45) is -3.65. The van der Waals surface area contributed by atoms with E-state index in [1.54, 1.807) is 11.0 Å². The predicted molar refractivity (Wildman–Crippen MR) is 89.7 cm³/mol. The van der Waals surface area contributed by atoms with Gasteiger partial charge in [0.05, 0.1) is 23.8 Å². The topological polar surface area (TPSA) is 67.1 Å². The van der Waals surface area contributed by atoms with Gasteiger partial charge < -0.3 is 10.0 Å². The van der Waals surface area contributed by atoms with E-state index in [-0.39, 0.29) is 23.9 Å². The molecule has 1 aliphatic heterocycles. The third-order valence-electron chi connectivity index (χ3n) is 4.27. The number of aliphatic hydroxyl groups excluding tert-OH is 1. The number of alkyl halides is 3. The van der Waals surface area contributed by atoms with Crippen LogP contribution < -0.4 is 4.90 Å². The van der Waals surface area contributed by atoms with Crippen LogP contribution in [0, 0.1) is 0 Å². The Balaban J connectivity index is 1.83. The van der Waals surface area contributed by atoms with E-state index in [0.29, 0.717) is 22.5 Å². The van der Waals surface area contributed by atoms with Crippen LogP contribution in [0.2, 0.25) is 5.28 Å². The molecule has 3 heterocycles. The van der Waals surface area contributed by atoms with Crippen LogP contribution in [0.25, 0.3) is 16.7 Å². The molecule has 1 saturated heterocycles. The smallest absolute Gasteiger partial charge is 0.263 e. The van der Waals surface area contributed by atoms with Gasteiger partial charge in [-0.1, -0.05) is 12.1 Å². The van der Waals surface area contributed by atoms with Crippen LogP contribution in [-0.4, -0.2) is 50.2 Å². The first-order valence-electron chi connectivity index (χ1n) is 7.81. The quantitative estimate of drug-likeness (QED) is 0.704. The summed E-state index contributed by atoms with van der Waals surface area (Å²) < 4.78 is 41.0. The van der Waals surface area contributed by atoms with Crippen LogP contribution in [0.4, 0.5) is 19.0 Å². The Morgan fingerprint density at radius 2 is 2.04 bits per heavy atom. The van der Waals surface area contributed by atoms with Gasteiger partial charge in [0.1, 0.15) is 18.1 Å². The second kappa shape index (κ2) is 6.40. The Kier molecular flexibility index (Phi) is 4.20. The van der Waals surface area contributed by atoms with Gasteiger partial charge in [0, 0.05) is 12.1 Å². The van der Waals surface area contributed by atoms with Gasteiger partial charge in [-0.2, -0.15) is 15.1 Å². The lowest BCUT2D eigenvalue weighted by atomic mass is 10.2. The summed E-state index contributed by atoms with van der Waals surface area (Å²) in [5.41, 5.74) is 0.556. The minimum atomic E-state index is -2.61. The van der Waals surface area contributed by atoms with Crippen LogP contribution in [0.15, 0.2) is 30.5 Å². The van der Waals surface area contributed by atoms with Gasteiger partial charge in [0.15, 0.2) is 5.65 Å². The number of aliphatic hydroxyl groups is 1. The Bertz CT molecular complexity index is 956. The fourth-order valence-electron chi connectivity index (χ4n) is 3.01. The first-order chi connectivity index (χ1) is 12.4. The first kappa shape index (κ1) is 17.0. The van der Waals surface area contributed by atoms with E-state index >= 15 is 0 Å². The SMILES string of the molecule is O[C@H]1CN(c2nc(Cl)nc3c2cnn3-c2cccc(C(F)F)c2)C[C@@H]1F. The van der Waals surface area contributed by atoms with Gasteiger partial charge in [-0.25, -0.2) is 17.9 Å². The van der Waals surface area contributed by atoms with E-state index < -0.39 is 18.7 Å². The van der Waals surface area contributed by atoms with Crippen molar-refractivity contribution in [3.63, 3.8) is 0 Å². The molecule has 0 unspecified atom stereocenters. The highest BCUT2D eigenvalue weighted by Crippen LogP contribution is 2.30. The highest BCUT2D eigenvalue weighted by molar-refractivity contribution is 6.28. The maximum absolute atomic E-state index is 13.7. The molecule has 2 aromatic heterocycles. The zero-order chi connectivity index (χ0) is 18.4. The molecule has 0 saturated carbocycles. The number of halogens is 4. The number of anilines is 1. The molecule has 4 rings (SSSR count). The average Bonchev–Trinajstić information content (AvgIpc) is 3.18. The normalized spacial score (nSPS) is 20.5. The molecule has 26 heavy (non-hydrogen) atoms. The minimum absolute atomic E-state index is 0.0321. The molecule has 3 aromatic rings. The maximum atomic E-state index is 13.7. The van der Waals surface area contributed by atoms with E-state index in [1.807, 2.05) is 0 Å². The number of hydrogen-bond acceptors (Lipinski definition) is 5. The van der Waals surface area contributed by atoms with Crippen molar-refractivity contribution in [3.8, 4) is 5.69 Å². The van der Waals surface area contributed by atoms with Gasteiger partial charge in [0.25, 0.3) is 6.43 Å². The summed E-state index contributed by atoms with van der Waals surface area (Å²) in [5, 5.41) is 14.3. The van der Waals surface area contributed by atoms with Crippen molar-refractivity contribution < 1.29 is 18.3 Å². The summed E-state index contributed by atoms with van der Waals surface area (Å²) in [4.78, 5) is 9.84. The molecule has 136 valence electrons. The number of fused-ring (bicyclic) bond motifs is 1. The Morgan fingerprint density at radius 1 is 1.23 bits per heavy atom. The van der Waals surface area contributed by atoms with Gasteiger partial charge in [-0.3, -0.25) is 0 Å². The second-order valence-electron chi connectivity index (χ2n) is 5.99. The number of β-amino-alcohol motifs (C(OH)–C–C–N with tert-alkyl or cyclic N) is 1. The summed E-state index contributed by atoms with van der Waals surface area (Å²) in [5.74, 6) is 0.343. The fraction of sp³-hybridized carbons (Fsp3) is 0.312. The van der Waals surface area contributed by atoms with Crippen molar-refractivity contribution in [2.24, 2.45) is 0 Å². The second-order valence-corrected chi connectivity index (χ2v) is 6.33. The molecular weight excluding hydrogens is 371 g/mol. The number of nitrogens with zero attached hydrogens (tertiary/aromatic N) is 5. The summed E-state index contributed by atoms with van der Waals surface area (Å²) >= 11 is 6.01. The lowest BCUT2D eigenvalue weighted by Gasteiger charge is -2.17. The maximum Gasteiger partial charge on any atom is 0.263 e. The zero-order valence-electron chi connectivity index (χ0n) is 13.2. The molecule has 0 spiro atoms. The third kappa shape index (κ3) is 2.86. The summed E-state index contributed by atoms with van der Waals surface area (Å²) in [6.45, 7) is 0.0330. The number of benzene rings is 1. The molecule has 6 nitrogen and oxygen atoms in total. The van der Waals surface area contributed by atoms with Gasteiger partial charge in [-0.05, 0) is 23.7 Å². The molecule has 10 heteroatoms. The van der Waals surface area contributed by atoms with E-state index in [0.717, 1.165) is 0 Å². The molecule has 2 atom stereocenters. The third-order valence-corrected chi connectivity index (χ3v) is 4.44. The molecule has 1 fully saturated rings. The standard InChI is InChI=1S/C16H13ClF3N5O/c17-16-22-14(24-6-11(18)12(26)7-24)10-5-21-25(15(10)23-16)9-3-1-2-8(4-9)13(19)20/h1-5,11-13,26H,6-7H2/t11-,12-/m0/s1. The predicted octanol–water partition coefficient (Wildman–Crippen LogP) is 2.93.